The van der Waals surface area contributed by atoms with Crippen molar-refractivity contribution >= 4 is 23.1 Å². The largest absolute Gasteiger partial charge is 0.378 e. The zero-order chi connectivity index (χ0) is 25.1. The van der Waals surface area contributed by atoms with Gasteiger partial charge in [-0.2, -0.15) is 9.78 Å². The van der Waals surface area contributed by atoms with E-state index in [9.17, 15) is 9.18 Å². The summed E-state index contributed by atoms with van der Waals surface area (Å²) in [5.41, 5.74) is 10.9. The van der Waals surface area contributed by atoms with Crippen LogP contribution in [0.2, 0.25) is 0 Å². The number of rotatable bonds is 6. The van der Waals surface area contributed by atoms with Crippen molar-refractivity contribution in [3.63, 3.8) is 0 Å². The van der Waals surface area contributed by atoms with Crippen LogP contribution in [0, 0.1) is 5.82 Å². The minimum atomic E-state index is -0.611. The SMILES string of the molecule is C/C(=N/NC(=O)c1nnn(-c2nonc2N)c1-c1ccccc1)c1ccc(N2CCCCC2)c(F)c1. The molecule has 3 heterocycles. The number of nitrogens with two attached hydrogens (primary N) is 1. The average Bonchev–Trinajstić information content (AvgIpc) is 3.54. The fourth-order valence-corrected chi connectivity index (χ4v) is 4.15. The number of nitrogens with zero attached hydrogens (tertiary/aromatic N) is 7. The predicted octanol–water partition coefficient (Wildman–Crippen LogP) is 3.18. The van der Waals surface area contributed by atoms with E-state index in [1.807, 2.05) is 18.2 Å². The molecule has 1 amide bonds. The van der Waals surface area contributed by atoms with Crippen molar-refractivity contribution in [2.24, 2.45) is 5.10 Å². The van der Waals surface area contributed by atoms with E-state index in [4.69, 9.17) is 5.73 Å². The molecule has 0 saturated carbocycles. The maximum Gasteiger partial charge on any atom is 0.294 e. The second-order valence-electron chi connectivity index (χ2n) is 8.39. The summed E-state index contributed by atoms with van der Waals surface area (Å²) >= 11 is 0. The fourth-order valence-electron chi connectivity index (χ4n) is 4.15. The van der Waals surface area contributed by atoms with E-state index in [1.165, 1.54) is 17.2 Å². The fraction of sp³-hybridized carbons (Fsp3) is 0.250. The number of benzene rings is 2. The number of hydrogen-bond acceptors (Lipinski definition) is 9. The molecule has 184 valence electrons. The highest BCUT2D eigenvalue weighted by atomic mass is 19.1. The molecular weight excluding hydrogens is 465 g/mol. The van der Waals surface area contributed by atoms with Gasteiger partial charge in [-0.1, -0.05) is 41.6 Å². The summed E-state index contributed by atoms with van der Waals surface area (Å²) in [7, 11) is 0. The first-order valence-corrected chi connectivity index (χ1v) is 11.5. The number of hydrazone groups is 1. The van der Waals surface area contributed by atoms with Gasteiger partial charge in [-0.15, -0.1) is 5.10 Å². The summed E-state index contributed by atoms with van der Waals surface area (Å²) in [6.45, 7) is 3.38. The van der Waals surface area contributed by atoms with Gasteiger partial charge in [-0.3, -0.25) is 4.79 Å². The maximum atomic E-state index is 14.8. The summed E-state index contributed by atoms with van der Waals surface area (Å²) in [5.74, 6) is -0.833. The van der Waals surface area contributed by atoms with E-state index in [0.717, 1.165) is 25.9 Å². The predicted molar refractivity (Wildman–Crippen MR) is 131 cm³/mol. The molecule has 0 aliphatic carbocycles. The summed E-state index contributed by atoms with van der Waals surface area (Å²) in [6.07, 6.45) is 3.29. The van der Waals surface area contributed by atoms with Gasteiger partial charge in [0.1, 0.15) is 11.5 Å². The van der Waals surface area contributed by atoms with Crippen molar-refractivity contribution in [3.05, 3.63) is 65.6 Å². The van der Waals surface area contributed by atoms with Crippen LogP contribution in [0.25, 0.3) is 17.1 Å². The van der Waals surface area contributed by atoms with Gasteiger partial charge in [0.2, 0.25) is 11.6 Å². The van der Waals surface area contributed by atoms with Crippen LogP contribution in [0.1, 0.15) is 42.2 Å². The molecule has 1 aliphatic heterocycles. The minimum Gasteiger partial charge on any atom is -0.378 e. The lowest BCUT2D eigenvalue weighted by Crippen LogP contribution is -2.30. The first-order valence-electron chi connectivity index (χ1n) is 11.5. The molecule has 2 aromatic heterocycles. The molecule has 11 nitrogen and oxygen atoms in total. The van der Waals surface area contributed by atoms with E-state index in [-0.39, 0.29) is 23.1 Å². The van der Waals surface area contributed by atoms with Crippen LogP contribution in [0.5, 0.6) is 0 Å². The smallest absolute Gasteiger partial charge is 0.294 e. The van der Waals surface area contributed by atoms with Crippen molar-refractivity contribution in [2.45, 2.75) is 26.2 Å². The van der Waals surface area contributed by atoms with E-state index < -0.39 is 5.91 Å². The Morgan fingerprint density at radius 2 is 1.89 bits per heavy atom. The molecule has 0 unspecified atom stereocenters. The molecule has 0 atom stereocenters. The third kappa shape index (κ3) is 4.52. The van der Waals surface area contributed by atoms with E-state index in [2.05, 4.69) is 40.7 Å². The molecule has 36 heavy (non-hydrogen) atoms. The second-order valence-corrected chi connectivity index (χ2v) is 8.39. The highest BCUT2D eigenvalue weighted by Gasteiger charge is 2.25. The number of hydrogen-bond donors (Lipinski definition) is 2. The number of nitrogen functional groups attached to an aromatic ring is 1. The number of amides is 1. The van der Waals surface area contributed by atoms with Crippen LogP contribution in [-0.2, 0) is 0 Å². The molecule has 0 radical (unpaired) electrons. The third-order valence-corrected chi connectivity index (χ3v) is 6.02. The molecule has 2 aromatic carbocycles. The monoisotopic (exact) mass is 489 g/mol. The Morgan fingerprint density at radius 3 is 2.58 bits per heavy atom. The maximum absolute atomic E-state index is 14.8. The van der Waals surface area contributed by atoms with Gasteiger partial charge in [0.15, 0.2) is 5.69 Å². The van der Waals surface area contributed by atoms with Gasteiger partial charge in [0.05, 0.1) is 11.4 Å². The number of anilines is 2. The Hall–Kier alpha value is -4.61. The van der Waals surface area contributed by atoms with Crippen LogP contribution in [0.15, 0.2) is 58.3 Å². The molecule has 1 saturated heterocycles. The van der Waals surface area contributed by atoms with Crippen molar-refractivity contribution in [1.29, 1.82) is 0 Å². The van der Waals surface area contributed by atoms with E-state index in [1.54, 1.807) is 31.2 Å². The van der Waals surface area contributed by atoms with Crippen LogP contribution >= 0.6 is 0 Å². The van der Waals surface area contributed by atoms with Crippen LogP contribution < -0.4 is 16.1 Å². The van der Waals surface area contributed by atoms with Crippen LogP contribution in [0.4, 0.5) is 15.9 Å². The van der Waals surface area contributed by atoms with Crippen molar-refractivity contribution in [2.75, 3.05) is 23.7 Å². The zero-order valence-electron chi connectivity index (χ0n) is 19.6. The summed E-state index contributed by atoms with van der Waals surface area (Å²) < 4.78 is 20.8. The Balaban J connectivity index is 1.40. The number of halogens is 1. The highest BCUT2D eigenvalue weighted by molar-refractivity contribution is 6.02. The molecule has 1 aliphatic rings. The van der Waals surface area contributed by atoms with Gasteiger partial charge >= 0.3 is 0 Å². The Labute approximate surface area is 205 Å². The van der Waals surface area contributed by atoms with Crippen molar-refractivity contribution in [1.82, 2.24) is 30.7 Å². The first-order chi connectivity index (χ1) is 17.5. The summed E-state index contributed by atoms with van der Waals surface area (Å²) in [4.78, 5) is 15.1. The molecule has 1 fully saturated rings. The van der Waals surface area contributed by atoms with Crippen molar-refractivity contribution in [3.8, 4) is 17.1 Å². The van der Waals surface area contributed by atoms with Crippen LogP contribution in [0.3, 0.4) is 0 Å². The van der Waals surface area contributed by atoms with Gasteiger partial charge in [0, 0.05) is 24.2 Å². The Kier molecular flexibility index (Phi) is 6.39. The van der Waals surface area contributed by atoms with E-state index >= 15 is 0 Å². The molecule has 12 heteroatoms. The molecule has 0 bridgehead atoms. The van der Waals surface area contributed by atoms with Gasteiger partial charge in [-0.25, -0.2) is 14.4 Å². The lowest BCUT2D eigenvalue weighted by molar-refractivity contribution is 0.0950. The topological polar surface area (TPSA) is 140 Å². The summed E-state index contributed by atoms with van der Waals surface area (Å²) in [5, 5.41) is 19.5. The lowest BCUT2D eigenvalue weighted by Gasteiger charge is -2.29. The number of carbonyl (C=O) groups is 1. The van der Waals surface area contributed by atoms with Crippen molar-refractivity contribution < 1.29 is 13.8 Å². The minimum absolute atomic E-state index is 0.00655. The second kappa shape index (κ2) is 9.94. The molecule has 4 aromatic rings. The number of carbonyl (C=O) groups excluding carboxylic acids is 1. The van der Waals surface area contributed by atoms with E-state index in [0.29, 0.717) is 28.2 Å². The molecule has 0 spiro atoms. The zero-order valence-corrected chi connectivity index (χ0v) is 19.6. The van der Waals surface area contributed by atoms with Gasteiger partial charge in [0.25, 0.3) is 5.91 Å². The molecular formula is C24H24FN9O2. The number of aromatic nitrogens is 5. The van der Waals surface area contributed by atoms with Gasteiger partial charge < -0.3 is 10.6 Å². The molecule has 3 N–H and O–H groups in total. The number of piperidine rings is 1. The normalized spacial score (nSPS) is 14.2. The average molecular weight is 490 g/mol. The van der Waals surface area contributed by atoms with Crippen LogP contribution in [-0.4, -0.2) is 50.0 Å². The van der Waals surface area contributed by atoms with Gasteiger partial charge in [-0.05, 0) is 48.6 Å². The summed E-state index contributed by atoms with van der Waals surface area (Å²) in [6, 6.07) is 14.0. The quantitative estimate of drug-likeness (QED) is 0.311. The lowest BCUT2D eigenvalue weighted by atomic mass is 10.1. The number of nitrogens with one attached hydrogen (secondary N) is 1. The Bertz CT molecular complexity index is 1410. The first kappa shape index (κ1) is 23.1. The Morgan fingerprint density at radius 1 is 1.11 bits per heavy atom. The molecule has 5 rings (SSSR count). The third-order valence-electron chi connectivity index (χ3n) is 6.02. The highest BCUT2D eigenvalue weighted by Crippen LogP contribution is 2.27. The standard InChI is InChI=1S/C24H24FN9O2/c1-15(17-10-11-19(18(25)14-17)33-12-6-3-7-13-33)27-29-24(35)20-21(16-8-4-2-5-9-16)34(32-28-20)23-22(26)30-36-31-23/h2,4-5,8-11,14H,3,6-7,12-13H2,1H3,(H2,26,30)(H,29,35)/b27-15-.